The third-order valence-corrected chi connectivity index (χ3v) is 4.18. The van der Waals surface area contributed by atoms with Crippen LogP contribution in [0.25, 0.3) is 6.08 Å². The standard InChI is InChI=1S/C18H19FO5/c1-10(4-6-15(20)21)3-5-13-12(7-8-19)11(2)14-9-24-18(23)16(14)17(13)22/h3,7-8,22H,4-6,9H2,1-2H3,(H,20,21). The third kappa shape index (κ3) is 3.48. The second kappa shape index (κ2) is 7.29. The zero-order chi connectivity index (χ0) is 17.9. The number of benzene rings is 1. The van der Waals surface area contributed by atoms with Crippen molar-refractivity contribution >= 4 is 18.0 Å². The molecule has 0 radical (unpaired) electrons. The van der Waals surface area contributed by atoms with Crippen LogP contribution >= 0.6 is 0 Å². The van der Waals surface area contributed by atoms with Gasteiger partial charge in [0.25, 0.3) is 0 Å². The number of aromatic hydroxyl groups is 1. The predicted octanol–water partition coefficient (Wildman–Crippen LogP) is 3.66. The first kappa shape index (κ1) is 17.7. The van der Waals surface area contributed by atoms with Crippen LogP contribution in [0.1, 0.15) is 52.4 Å². The molecule has 0 spiro atoms. The topological polar surface area (TPSA) is 83.8 Å². The molecule has 0 aromatic heterocycles. The van der Waals surface area contributed by atoms with Crippen molar-refractivity contribution in [2.75, 3.05) is 0 Å². The van der Waals surface area contributed by atoms with Crippen molar-refractivity contribution < 1.29 is 28.9 Å². The molecule has 0 amide bonds. The Balaban J connectivity index is 2.43. The van der Waals surface area contributed by atoms with Crippen molar-refractivity contribution in [1.82, 2.24) is 0 Å². The largest absolute Gasteiger partial charge is 0.507 e. The van der Waals surface area contributed by atoms with E-state index in [9.17, 15) is 19.1 Å². The molecule has 24 heavy (non-hydrogen) atoms. The molecule has 1 aliphatic heterocycles. The molecule has 0 saturated carbocycles. The van der Waals surface area contributed by atoms with Crippen LogP contribution in [-0.2, 0) is 22.6 Å². The minimum Gasteiger partial charge on any atom is -0.507 e. The van der Waals surface area contributed by atoms with Gasteiger partial charge in [0, 0.05) is 17.5 Å². The Kier molecular flexibility index (Phi) is 5.39. The summed E-state index contributed by atoms with van der Waals surface area (Å²) in [6.45, 7) is 3.60. The number of aliphatic carboxylic acids is 1. The minimum atomic E-state index is -0.886. The summed E-state index contributed by atoms with van der Waals surface area (Å²) in [4.78, 5) is 22.4. The van der Waals surface area contributed by atoms with Gasteiger partial charge in [-0.15, -0.1) is 0 Å². The van der Waals surface area contributed by atoms with E-state index in [0.29, 0.717) is 35.0 Å². The lowest BCUT2D eigenvalue weighted by atomic mass is 9.90. The first-order valence-electron chi connectivity index (χ1n) is 7.55. The molecule has 6 heteroatoms. The van der Waals surface area contributed by atoms with Gasteiger partial charge in [-0.25, -0.2) is 9.18 Å². The average molecular weight is 334 g/mol. The quantitative estimate of drug-likeness (QED) is 0.612. The number of carboxylic acid groups (broad SMARTS) is 1. The van der Waals surface area contributed by atoms with Crippen molar-refractivity contribution in [2.45, 2.75) is 39.7 Å². The Bertz CT molecular complexity index is 747. The zero-order valence-electron chi connectivity index (χ0n) is 13.6. The fraction of sp³-hybridized carbons (Fsp3) is 0.333. The summed E-state index contributed by atoms with van der Waals surface area (Å²) in [6.07, 6.45) is 4.07. The highest BCUT2D eigenvalue weighted by Crippen LogP contribution is 2.38. The monoisotopic (exact) mass is 334 g/mol. The summed E-state index contributed by atoms with van der Waals surface area (Å²) >= 11 is 0. The van der Waals surface area contributed by atoms with Crippen LogP contribution in [0.3, 0.4) is 0 Å². The van der Waals surface area contributed by atoms with E-state index in [2.05, 4.69) is 0 Å². The summed E-state index contributed by atoms with van der Waals surface area (Å²) in [5.41, 5.74) is 3.17. The van der Waals surface area contributed by atoms with Gasteiger partial charge >= 0.3 is 11.9 Å². The van der Waals surface area contributed by atoms with E-state index in [1.54, 1.807) is 19.9 Å². The van der Waals surface area contributed by atoms with Gasteiger partial charge in [0.1, 0.15) is 17.9 Å². The van der Waals surface area contributed by atoms with Gasteiger partial charge in [-0.05, 0) is 43.9 Å². The van der Waals surface area contributed by atoms with Crippen molar-refractivity contribution in [2.24, 2.45) is 0 Å². The molecule has 1 aromatic rings. The fourth-order valence-electron chi connectivity index (χ4n) is 2.79. The SMILES string of the molecule is CC(=CCc1c(O)c2c(c(C)c1C=CF)COC2=O)CCC(=O)O. The Morgan fingerprint density at radius 1 is 1.38 bits per heavy atom. The smallest absolute Gasteiger partial charge is 0.342 e. The van der Waals surface area contributed by atoms with Crippen molar-refractivity contribution in [3.8, 4) is 5.75 Å². The lowest BCUT2D eigenvalue weighted by Gasteiger charge is -2.14. The van der Waals surface area contributed by atoms with Gasteiger partial charge in [0.2, 0.25) is 0 Å². The van der Waals surface area contributed by atoms with Crippen molar-refractivity contribution in [1.29, 1.82) is 0 Å². The molecule has 128 valence electrons. The maximum absolute atomic E-state index is 12.8. The second-order valence-electron chi connectivity index (χ2n) is 5.74. The molecule has 5 nitrogen and oxygen atoms in total. The van der Waals surface area contributed by atoms with Crippen LogP contribution in [0.2, 0.25) is 0 Å². The van der Waals surface area contributed by atoms with Crippen LogP contribution in [0.15, 0.2) is 18.0 Å². The zero-order valence-corrected chi connectivity index (χ0v) is 13.6. The molecule has 2 N–H and O–H groups in total. The summed E-state index contributed by atoms with van der Waals surface area (Å²) in [5.74, 6) is -1.68. The summed E-state index contributed by atoms with van der Waals surface area (Å²) < 4.78 is 17.7. The first-order chi connectivity index (χ1) is 11.4. The normalized spacial score (nSPS) is 14.1. The van der Waals surface area contributed by atoms with Crippen molar-refractivity contribution in [3.05, 3.63) is 45.8 Å². The fourth-order valence-corrected chi connectivity index (χ4v) is 2.79. The predicted molar refractivity (Wildman–Crippen MR) is 86.4 cm³/mol. The summed E-state index contributed by atoms with van der Waals surface area (Å²) in [6, 6.07) is 0. The van der Waals surface area contributed by atoms with Crippen LogP contribution in [0, 0.1) is 6.92 Å². The van der Waals surface area contributed by atoms with Gasteiger partial charge in [0.15, 0.2) is 0 Å². The minimum absolute atomic E-state index is 0.0150. The number of hydrogen-bond acceptors (Lipinski definition) is 4. The number of ether oxygens (including phenoxy) is 1. The number of carbonyl (C=O) groups is 2. The molecular formula is C18H19FO5. The number of phenols is 1. The number of hydrogen-bond donors (Lipinski definition) is 2. The summed E-state index contributed by atoms with van der Waals surface area (Å²) in [5, 5.41) is 19.2. The van der Waals surface area contributed by atoms with Crippen LogP contribution in [0.5, 0.6) is 5.75 Å². The molecule has 0 unspecified atom stereocenters. The molecule has 1 heterocycles. The Labute approximate surface area is 139 Å². The van der Waals surface area contributed by atoms with Gasteiger partial charge in [-0.2, -0.15) is 0 Å². The first-order valence-corrected chi connectivity index (χ1v) is 7.55. The Morgan fingerprint density at radius 3 is 2.71 bits per heavy atom. The van der Waals surface area contributed by atoms with E-state index in [1.165, 1.54) is 6.08 Å². The number of fused-ring (bicyclic) bond motifs is 1. The molecule has 0 bridgehead atoms. The lowest BCUT2D eigenvalue weighted by molar-refractivity contribution is -0.136. The van der Waals surface area contributed by atoms with E-state index >= 15 is 0 Å². The third-order valence-electron chi connectivity index (χ3n) is 4.18. The molecule has 0 fully saturated rings. The molecule has 0 aliphatic carbocycles. The van der Waals surface area contributed by atoms with E-state index in [-0.39, 0.29) is 30.8 Å². The molecule has 2 rings (SSSR count). The highest BCUT2D eigenvalue weighted by molar-refractivity contribution is 5.98. The van der Waals surface area contributed by atoms with Crippen LogP contribution < -0.4 is 0 Å². The van der Waals surface area contributed by atoms with Crippen LogP contribution in [-0.4, -0.2) is 22.2 Å². The number of allylic oxidation sites excluding steroid dienone is 2. The Morgan fingerprint density at radius 2 is 2.08 bits per heavy atom. The van der Waals surface area contributed by atoms with E-state index < -0.39 is 11.9 Å². The number of cyclic esters (lactones) is 1. The molecular weight excluding hydrogens is 315 g/mol. The second-order valence-corrected chi connectivity index (χ2v) is 5.74. The molecule has 0 atom stereocenters. The van der Waals surface area contributed by atoms with E-state index in [4.69, 9.17) is 9.84 Å². The summed E-state index contributed by atoms with van der Waals surface area (Å²) in [7, 11) is 0. The highest BCUT2D eigenvalue weighted by atomic mass is 19.1. The number of halogens is 1. The van der Waals surface area contributed by atoms with Gasteiger partial charge in [-0.3, -0.25) is 4.79 Å². The number of carbonyl (C=O) groups excluding carboxylic acids is 1. The van der Waals surface area contributed by atoms with Gasteiger partial charge in [0.05, 0.1) is 6.33 Å². The maximum Gasteiger partial charge on any atom is 0.342 e. The van der Waals surface area contributed by atoms with E-state index in [1.807, 2.05) is 0 Å². The Hall–Kier alpha value is -2.63. The lowest BCUT2D eigenvalue weighted by Crippen LogP contribution is -2.03. The average Bonchev–Trinajstić information content (AvgIpc) is 2.92. The van der Waals surface area contributed by atoms with Gasteiger partial charge < -0.3 is 14.9 Å². The highest BCUT2D eigenvalue weighted by Gasteiger charge is 2.30. The number of rotatable bonds is 6. The van der Waals surface area contributed by atoms with Crippen molar-refractivity contribution in [3.63, 3.8) is 0 Å². The van der Waals surface area contributed by atoms with Gasteiger partial charge in [-0.1, -0.05) is 11.6 Å². The maximum atomic E-state index is 12.8. The number of carboxylic acids is 1. The molecule has 1 aromatic carbocycles. The number of phenolic OH excluding ortho intramolecular Hbond substituents is 1. The van der Waals surface area contributed by atoms with E-state index in [0.717, 1.165) is 5.57 Å². The van der Waals surface area contributed by atoms with Crippen LogP contribution in [0.4, 0.5) is 4.39 Å². The molecule has 0 saturated heterocycles. The molecule has 1 aliphatic rings. The number of esters is 1.